The van der Waals surface area contributed by atoms with Crippen LogP contribution in [0.15, 0.2) is 47.4 Å². The Labute approximate surface area is 109 Å². The van der Waals surface area contributed by atoms with E-state index in [0.29, 0.717) is 0 Å². The zero-order valence-electron chi connectivity index (χ0n) is 9.67. The molecule has 100 valence electrons. The summed E-state index contributed by atoms with van der Waals surface area (Å²) < 4.78 is 39.6. The second-order valence-corrected chi connectivity index (χ2v) is 5.46. The van der Waals surface area contributed by atoms with Crippen LogP contribution in [0.2, 0.25) is 0 Å². The fourth-order valence-corrected chi connectivity index (χ4v) is 2.72. The third-order valence-electron chi connectivity index (χ3n) is 2.40. The maximum absolute atomic E-state index is 13.3. The number of rotatable bonds is 3. The number of nitrogen functional groups attached to an aromatic ring is 1. The summed E-state index contributed by atoms with van der Waals surface area (Å²) in [5.41, 5.74) is 5.12. The summed E-state index contributed by atoms with van der Waals surface area (Å²) in [6, 6.07) is 9.07. The molecule has 0 saturated carbocycles. The molecule has 0 aliphatic heterocycles. The minimum atomic E-state index is -4.01. The highest BCUT2D eigenvalue weighted by Gasteiger charge is 2.19. The van der Waals surface area contributed by atoms with Gasteiger partial charge in [0.1, 0.15) is 16.5 Å². The van der Waals surface area contributed by atoms with E-state index in [4.69, 9.17) is 5.73 Å². The Bertz CT molecular complexity index is 717. The molecular weight excluding hydrogens is 271 g/mol. The van der Waals surface area contributed by atoms with Crippen molar-refractivity contribution in [1.82, 2.24) is 0 Å². The third-order valence-corrected chi connectivity index (χ3v) is 3.84. The van der Waals surface area contributed by atoms with Crippen LogP contribution < -0.4 is 10.5 Å². The highest BCUT2D eigenvalue weighted by Crippen LogP contribution is 2.24. The number of anilines is 2. The number of phenolic OH excluding ortho intramolecular Hbond substituents is 1. The van der Waals surface area contributed by atoms with Gasteiger partial charge in [-0.2, -0.15) is 0 Å². The highest BCUT2D eigenvalue weighted by molar-refractivity contribution is 7.92. The largest absolute Gasteiger partial charge is 0.508 e. The van der Waals surface area contributed by atoms with Crippen molar-refractivity contribution in [3.8, 4) is 5.75 Å². The van der Waals surface area contributed by atoms with Crippen LogP contribution in [0.4, 0.5) is 15.8 Å². The van der Waals surface area contributed by atoms with Crippen LogP contribution in [0.25, 0.3) is 0 Å². The number of nitrogens with one attached hydrogen (secondary N) is 1. The molecule has 0 aliphatic rings. The number of benzene rings is 2. The Hall–Kier alpha value is -2.28. The lowest BCUT2D eigenvalue weighted by Crippen LogP contribution is -2.15. The zero-order valence-corrected chi connectivity index (χ0v) is 10.5. The predicted octanol–water partition coefficient (Wildman–Crippen LogP) is 1.91. The Morgan fingerprint density at radius 3 is 2.53 bits per heavy atom. The van der Waals surface area contributed by atoms with Crippen LogP contribution in [0.1, 0.15) is 0 Å². The maximum Gasteiger partial charge on any atom is 0.264 e. The summed E-state index contributed by atoms with van der Waals surface area (Å²) in [7, 11) is -4.01. The van der Waals surface area contributed by atoms with Crippen molar-refractivity contribution < 1.29 is 17.9 Å². The van der Waals surface area contributed by atoms with Gasteiger partial charge in [-0.3, -0.25) is 4.72 Å². The molecule has 0 amide bonds. The summed E-state index contributed by atoms with van der Waals surface area (Å²) in [6.07, 6.45) is 0. The van der Waals surface area contributed by atoms with Crippen LogP contribution in [0, 0.1) is 5.82 Å². The minimum absolute atomic E-state index is 0.0904. The molecule has 0 aromatic heterocycles. The summed E-state index contributed by atoms with van der Waals surface area (Å²) in [4.78, 5) is -0.351. The Morgan fingerprint density at radius 2 is 1.84 bits per heavy atom. The summed E-state index contributed by atoms with van der Waals surface area (Å²) >= 11 is 0. The smallest absolute Gasteiger partial charge is 0.264 e. The molecule has 2 rings (SSSR count). The highest BCUT2D eigenvalue weighted by atomic mass is 32.2. The van der Waals surface area contributed by atoms with E-state index in [1.165, 1.54) is 36.4 Å². The van der Waals surface area contributed by atoms with Crippen LogP contribution in [-0.4, -0.2) is 13.5 Å². The molecule has 0 radical (unpaired) electrons. The monoisotopic (exact) mass is 282 g/mol. The quantitative estimate of drug-likeness (QED) is 0.750. The predicted molar refractivity (Wildman–Crippen MR) is 69.7 cm³/mol. The van der Waals surface area contributed by atoms with Crippen molar-refractivity contribution >= 4 is 21.4 Å². The topological polar surface area (TPSA) is 92.4 Å². The molecular formula is C12H11FN2O3S. The van der Waals surface area contributed by atoms with E-state index in [1.54, 1.807) is 0 Å². The number of para-hydroxylation sites is 1. The van der Waals surface area contributed by atoms with E-state index in [9.17, 15) is 17.9 Å². The van der Waals surface area contributed by atoms with E-state index >= 15 is 0 Å². The molecule has 19 heavy (non-hydrogen) atoms. The van der Waals surface area contributed by atoms with E-state index in [1.807, 2.05) is 0 Å². The second-order valence-electron chi connectivity index (χ2n) is 3.81. The van der Waals surface area contributed by atoms with Gasteiger partial charge in [-0.1, -0.05) is 12.1 Å². The first-order chi connectivity index (χ1) is 8.90. The average Bonchev–Trinajstić information content (AvgIpc) is 2.32. The van der Waals surface area contributed by atoms with Crippen molar-refractivity contribution in [2.45, 2.75) is 4.90 Å². The van der Waals surface area contributed by atoms with Gasteiger partial charge in [0, 0.05) is 6.07 Å². The minimum Gasteiger partial charge on any atom is -0.508 e. The van der Waals surface area contributed by atoms with Crippen molar-refractivity contribution in [3.63, 3.8) is 0 Å². The number of phenols is 1. The first-order valence-electron chi connectivity index (χ1n) is 5.26. The first kappa shape index (κ1) is 13.2. The normalized spacial score (nSPS) is 11.2. The first-order valence-corrected chi connectivity index (χ1v) is 6.74. The van der Waals surface area contributed by atoms with Gasteiger partial charge in [-0.25, -0.2) is 12.8 Å². The van der Waals surface area contributed by atoms with Crippen LogP contribution in [0.3, 0.4) is 0 Å². The van der Waals surface area contributed by atoms with Crippen molar-refractivity contribution in [2.24, 2.45) is 0 Å². The molecule has 2 aromatic rings. The van der Waals surface area contributed by atoms with Gasteiger partial charge in [-0.05, 0) is 24.3 Å². The number of nitrogens with two attached hydrogens (primary N) is 1. The summed E-state index contributed by atoms with van der Waals surface area (Å²) in [5, 5.41) is 9.26. The molecule has 0 saturated heterocycles. The second kappa shape index (κ2) is 4.77. The van der Waals surface area contributed by atoms with Gasteiger partial charge in [-0.15, -0.1) is 0 Å². The molecule has 0 fully saturated rings. The molecule has 0 aliphatic carbocycles. The van der Waals surface area contributed by atoms with Gasteiger partial charge in [0.15, 0.2) is 0 Å². The van der Waals surface area contributed by atoms with Crippen molar-refractivity contribution in [3.05, 3.63) is 48.3 Å². The maximum atomic E-state index is 13.3. The van der Waals surface area contributed by atoms with Gasteiger partial charge in [0.05, 0.1) is 11.4 Å². The molecule has 2 aromatic carbocycles. The van der Waals surface area contributed by atoms with E-state index < -0.39 is 21.5 Å². The molecule has 0 heterocycles. The molecule has 4 N–H and O–H groups in total. The van der Waals surface area contributed by atoms with Crippen molar-refractivity contribution in [1.29, 1.82) is 0 Å². The Balaban J connectivity index is 2.41. The molecule has 0 atom stereocenters. The standard InChI is InChI=1S/C12H11FN2O3S/c13-10-5-2-6-11(12(10)14)19(17,18)15-8-3-1-4-9(16)7-8/h1-7,15-16H,14H2. The molecule has 0 unspecified atom stereocenters. The van der Waals surface area contributed by atoms with E-state index in [2.05, 4.69) is 4.72 Å². The van der Waals surface area contributed by atoms with Crippen LogP contribution in [0.5, 0.6) is 5.75 Å². The third kappa shape index (κ3) is 2.76. The number of aromatic hydroxyl groups is 1. The lowest BCUT2D eigenvalue weighted by Gasteiger charge is -2.10. The lowest BCUT2D eigenvalue weighted by atomic mass is 10.3. The van der Waals surface area contributed by atoms with Crippen LogP contribution >= 0.6 is 0 Å². The van der Waals surface area contributed by atoms with Gasteiger partial charge in [0.25, 0.3) is 10.0 Å². The number of sulfonamides is 1. The Morgan fingerprint density at radius 1 is 1.16 bits per heavy atom. The average molecular weight is 282 g/mol. The van der Waals surface area contributed by atoms with Crippen molar-refractivity contribution in [2.75, 3.05) is 10.5 Å². The van der Waals surface area contributed by atoms with E-state index in [-0.39, 0.29) is 16.3 Å². The van der Waals surface area contributed by atoms with Gasteiger partial charge in [0.2, 0.25) is 0 Å². The van der Waals surface area contributed by atoms with Crippen LogP contribution in [-0.2, 0) is 10.0 Å². The summed E-state index contributed by atoms with van der Waals surface area (Å²) in [6.45, 7) is 0. The number of hydrogen-bond acceptors (Lipinski definition) is 4. The fraction of sp³-hybridized carbons (Fsp3) is 0. The molecule has 5 nitrogen and oxygen atoms in total. The lowest BCUT2D eigenvalue weighted by molar-refractivity contribution is 0.475. The molecule has 7 heteroatoms. The zero-order chi connectivity index (χ0) is 14.0. The number of halogens is 1. The SMILES string of the molecule is Nc1c(F)cccc1S(=O)(=O)Nc1cccc(O)c1. The fourth-order valence-electron chi connectivity index (χ4n) is 1.53. The molecule has 0 bridgehead atoms. The summed E-state index contributed by atoms with van der Waals surface area (Å²) in [5.74, 6) is -0.897. The van der Waals surface area contributed by atoms with Gasteiger partial charge >= 0.3 is 0 Å². The Kier molecular flexibility index (Phi) is 3.30. The van der Waals surface area contributed by atoms with Gasteiger partial charge < -0.3 is 10.8 Å². The van der Waals surface area contributed by atoms with E-state index in [0.717, 1.165) is 6.07 Å². The molecule has 0 spiro atoms. The number of hydrogen-bond donors (Lipinski definition) is 3.